The molecule has 0 radical (unpaired) electrons. The van der Waals surface area contributed by atoms with Gasteiger partial charge in [0.1, 0.15) is 5.84 Å². The van der Waals surface area contributed by atoms with Crippen LogP contribution in [-0.2, 0) is 16.1 Å². The molecule has 0 saturated carbocycles. The van der Waals surface area contributed by atoms with Gasteiger partial charge in [-0.25, -0.2) is 0 Å². The first-order chi connectivity index (χ1) is 16.0. The van der Waals surface area contributed by atoms with Crippen molar-refractivity contribution in [2.45, 2.75) is 25.9 Å². The normalized spacial score (nSPS) is 11.3. The van der Waals surface area contributed by atoms with Gasteiger partial charge in [-0.2, -0.15) is 0 Å². The van der Waals surface area contributed by atoms with E-state index in [1.165, 1.54) is 0 Å². The molecule has 5 N–H and O–H groups in total. The maximum absolute atomic E-state index is 13.0. The Balaban J connectivity index is 1.67. The fourth-order valence-electron chi connectivity index (χ4n) is 3.24. The molecule has 1 heterocycles. The number of amidine groups is 1. The van der Waals surface area contributed by atoms with Gasteiger partial charge in [0.15, 0.2) is 0 Å². The lowest BCUT2D eigenvalue weighted by Gasteiger charge is -2.18. The fourth-order valence-corrected chi connectivity index (χ4v) is 3.24. The van der Waals surface area contributed by atoms with E-state index in [-0.39, 0.29) is 24.8 Å². The third kappa shape index (κ3) is 6.90. The SMILES string of the molecule is CCOC(=O)CC(NC(=O)c1cccc(NCc2ccc(C(=N)N)cc2)c1)c1cccnc1. The molecule has 0 aliphatic carbocycles. The predicted molar refractivity (Wildman–Crippen MR) is 127 cm³/mol. The van der Waals surface area contributed by atoms with Crippen molar-refractivity contribution >= 4 is 23.4 Å². The molecule has 0 aliphatic heterocycles. The maximum Gasteiger partial charge on any atom is 0.308 e. The Labute approximate surface area is 192 Å². The highest BCUT2D eigenvalue weighted by Gasteiger charge is 2.20. The van der Waals surface area contributed by atoms with E-state index in [1.54, 1.807) is 55.7 Å². The van der Waals surface area contributed by atoms with Crippen molar-refractivity contribution in [2.75, 3.05) is 11.9 Å². The van der Waals surface area contributed by atoms with Gasteiger partial charge < -0.3 is 21.1 Å². The topological polar surface area (TPSA) is 130 Å². The number of hydrogen-bond acceptors (Lipinski definition) is 6. The Morgan fingerprint density at radius 1 is 1.09 bits per heavy atom. The Morgan fingerprint density at radius 2 is 1.88 bits per heavy atom. The number of aromatic nitrogens is 1. The first-order valence-corrected chi connectivity index (χ1v) is 10.6. The standard InChI is InChI=1S/C25H27N5O3/c1-2-33-23(31)14-22(20-6-4-12-28-16-20)30-25(32)19-5-3-7-21(13-19)29-15-17-8-10-18(11-9-17)24(26)27/h3-13,16,22,29H,2,14-15H2,1H3,(H3,26,27)(H,30,32). The van der Waals surface area contributed by atoms with Crippen LogP contribution in [0.15, 0.2) is 73.1 Å². The minimum absolute atomic E-state index is 0.0134. The van der Waals surface area contributed by atoms with Crippen molar-refractivity contribution in [3.8, 4) is 0 Å². The number of nitrogens with one attached hydrogen (secondary N) is 3. The number of benzene rings is 2. The molecule has 3 rings (SSSR count). The largest absolute Gasteiger partial charge is 0.466 e. The zero-order valence-corrected chi connectivity index (χ0v) is 18.4. The minimum atomic E-state index is -0.554. The highest BCUT2D eigenvalue weighted by Crippen LogP contribution is 2.19. The molecule has 0 saturated heterocycles. The number of carbonyl (C=O) groups is 2. The second-order valence-electron chi connectivity index (χ2n) is 7.37. The molecule has 1 amide bonds. The summed E-state index contributed by atoms with van der Waals surface area (Å²) in [6, 6.07) is 17.5. The van der Waals surface area contributed by atoms with Crippen molar-refractivity contribution < 1.29 is 14.3 Å². The van der Waals surface area contributed by atoms with Crippen molar-refractivity contribution in [2.24, 2.45) is 5.73 Å². The number of carbonyl (C=O) groups excluding carboxylic acids is 2. The highest BCUT2D eigenvalue weighted by atomic mass is 16.5. The highest BCUT2D eigenvalue weighted by molar-refractivity contribution is 5.96. The van der Waals surface area contributed by atoms with Crippen LogP contribution < -0.4 is 16.4 Å². The number of anilines is 1. The molecule has 1 aromatic heterocycles. The van der Waals surface area contributed by atoms with Crippen LogP contribution in [0.2, 0.25) is 0 Å². The number of pyridine rings is 1. The molecule has 0 aliphatic rings. The van der Waals surface area contributed by atoms with E-state index in [9.17, 15) is 9.59 Å². The van der Waals surface area contributed by atoms with Crippen LogP contribution >= 0.6 is 0 Å². The Kier molecular flexibility index (Phi) is 8.13. The van der Waals surface area contributed by atoms with E-state index in [4.69, 9.17) is 15.9 Å². The quantitative estimate of drug-likeness (QED) is 0.215. The fraction of sp³-hybridized carbons (Fsp3) is 0.200. The molecule has 3 aromatic rings. The summed E-state index contributed by atoms with van der Waals surface area (Å²) >= 11 is 0. The summed E-state index contributed by atoms with van der Waals surface area (Å²) in [7, 11) is 0. The molecule has 1 unspecified atom stereocenters. The molecular weight excluding hydrogens is 418 g/mol. The average molecular weight is 446 g/mol. The lowest BCUT2D eigenvalue weighted by Crippen LogP contribution is -2.30. The van der Waals surface area contributed by atoms with E-state index < -0.39 is 12.0 Å². The van der Waals surface area contributed by atoms with Gasteiger partial charge in [0.05, 0.1) is 19.1 Å². The molecule has 0 bridgehead atoms. The van der Waals surface area contributed by atoms with Crippen LogP contribution in [0.5, 0.6) is 0 Å². The van der Waals surface area contributed by atoms with E-state index in [1.807, 2.05) is 24.3 Å². The van der Waals surface area contributed by atoms with Crippen LogP contribution in [0.25, 0.3) is 0 Å². The van der Waals surface area contributed by atoms with Gasteiger partial charge in [0.2, 0.25) is 0 Å². The number of ether oxygens (including phenoxy) is 1. The lowest BCUT2D eigenvalue weighted by atomic mass is 10.0. The summed E-state index contributed by atoms with van der Waals surface area (Å²) in [6.07, 6.45) is 3.27. The van der Waals surface area contributed by atoms with E-state index in [2.05, 4.69) is 15.6 Å². The van der Waals surface area contributed by atoms with E-state index in [0.717, 1.165) is 16.8 Å². The lowest BCUT2D eigenvalue weighted by molar-refractivity contribution is -0.143. The van der Waals surface area contributed by atoms with Gasteiger partial charge >= 0.3 is 5.97 Å². The summed E-state index contributed by atoms with van der Waals surface area (Å²) in [4.78, 5) is 29.1. The van der Waals surface area contributed by atoms with Crippen molar-refractivity contribution in [3.63, 3.8) is 0 Å². The molecule has 8 heteroatoms. The number of nitrogens with zero attached hydrogens (tertiary/aromatic N) is 1. The first kappa shape index (κ1) is 23.5. The van der Waals surface area contributed by atoms with E-state index >= 15 is 0 Å². The summed E-state index contributed by atoms with van der Waals surface area (Å²) in [5.74, 6) is -0.666. The van der Waals surface area contributed by atoms with Crippen molar-refractivity contribution in [1.82, 2.24) is 10.3 Å². The van der Waals surface area contributed by atoms with Crippen LogP contribution in [-0.4, -0.2) is 29.3 Å². The molecule has 170 valence electrons. The van der Waals surface area contributed by atoms with Crippen molar-refractivity contribution in [1.29, 1.82) is 5.41 Å². The average Bonchev–Trinajstić information content (AvgIpc) is 2.83. The Bertz CT molecular complexity index is 1100. The molecule has 8 nitrogen and oxygen atoms in total. The summed E-state index contributed by atoms with van der Waals surface area (Å²) < 4.78 is 5.06. The molecule has 1 atom stereocenters. The number of amides is 1. The smallest absolute Gasteiger partial charge is 0.308 e. The Hall–Kier alpha value is -4.20. The number of nitrogen functional groups attached to an aromatic ring is 1. The number of rotatable bonds is 10. The number of hydrogen-bond donors (Lipinski definition) is 4. The van der Waals surface area contributed by atoms with Crippen LogP contribution in [0.4, 0.5) is 5.69 Å². The molecule has 2 aromatic carbocycles. The zero-order chi connectivity index (χ0) is 23.6. The van der Waals surface area contributed by atoms with Gasteiger partial charge in [-0.1, -0.05) is 36.4 Å². The third-order valence-corrected chi connectivity index (χ3v) is 4.95. The van der Waals surface area contributed by atoms with Crippen molar-refractivity contribution in [3.05, 3.63) is 95.3 Å². The van der Waals surface area contributed by atoms with Crippen LogP contribution in [0.1, 0.15) is 46.4 Å². The number of nitrogens with two attached hydrogens (primary N) is 1. The third-order valence-electron chi connectivity index (χ3n) is 4.95. The Morgan fingerprint density at radius 3 is 2.55 bits per heavy atom. The second kappa shape index (κ2) is 11.4. The maximum atomic E-state index is 13.0. The van der Waals surface area contributed by atoms with Gasteiger partial charge in [-0.05, 0) is 42.3 Å². The monoisotopic (exact) mass is 445 g/mol. The molecule has 0 spiro atoms. The van der Waals surface area contributed by atoms with Gasteiger partial charge in [0, 0.05) is 35.8 Å². The number of esters is 1. The minimum Gasteiger partial charge on any atom is -0.466 e. The van der Waals surface area contributed by atoms with Crippen LogP contribution in [0.3, 0.4) is 0 Å². The molecule has 33 heavy (non-hydrogen) atoms. The zero-order valence-electron chi connectivity index (χ0n) is 18.4. The van der Waals surface area contributed by atoms with Gasteiger partial charge in [-0.3, -0.25) is 20.0 Å². The molecule has 0 fully saturated rings. The van der Waals surface area contributed by atoms with Gasteiger partial charge in [0.25, 0.3) is 5.91 Å². The summed E-state index contributed by atoms with van der Waals surface area (Å²) in [6.45, 7) is 2.56. The van der Waals surface area contributed by atoms with E-state index in [0.29, 0.717) is 17.7 Å². The first-order valence-electron chi connectivity index (χ1n) is 10.6. The predicted octanol–water partition coefficient (Wildman–Crippen LogP) is 3.40. The summed E-state index contributed by atoms with van der Waals surface area (Å²) in [5.41, 5.74) is 9.14. The van der Waals surface area contributed by atoms with Crippen LogP contribution in [0, 0.1) is 5.41 Å². The second-order valence-corrected chi connectivity index (χ2v) is 7.37. The summed E-state index contributed by atoms with van der Waals surface area (Å²) in [5, 5.41) is 13.7. The molecular formula is C25H27N5O3. The van der Waals surface area contributed by atoms with Gasteiger partial charge in [-0.15, -0.1) is 0 Å².